The summed E-state index contributed by atoms with van der Waals surface area (Å²) in [5, 5.41) is 9.16. The van der Waals surface area contributed by atoms with Gasteiger partial charge in [0.25, 0.3) is 0 Å². The number of ether oxygens (including phenoxy) is 1. The summed E-state index contributed by atoms with van der Waals surface area (Å²) in [6.07, 6.45) is -0.0717. The lowest BCUT2D eigenvalue weighted by atomic mass is 9.96. The molecule has 2 rings (SSSR count). The van der Waals surface area contributed by atoms with Crippen LogP contribution in [0.5, 0.6) is 0 Å². The number of nitrogens with zero attached hydrogens (tertiary/aromatic N) is 1. The van der Waals surface area contributed by atoms with Crippen molar-refractivity contribution in [3.05, 3.63) is 35.6 Å². The van der Waals surface area contributed by atoms with E-state index < -0.39 is 0 Å². The summed E-state index contributed by atoms with van der Waals surface area (Å²) in [6.45, 7) is 4.48. The lowest BCUT2D eigenvalue weighted by molar-refractivity contribution is -0.146. The zero-order valence-electron chi connectivity index (χ0n) is 12.5. The fourth-order valence-corrected chi connectivity index (χ4v) is 2.64. The third-order valence-electron chi connectivity index (χ3n) is 3.95. The van der Waals surface area contributed by atoms with Gasteiger partial charge in [0.15, 0.2) is 0 Å². The van der Waals surface area contributed by atoms with Gasteiger partial charge in [-0.25, -0.2) is 4.39 Å². The number of carbonyl (C=O) groups excluding carboxylic acids is 1. The average molecular weight is 295 g/mol. The number of hydrogen-bond acceptors (Lipinski definition) is 3. The second kappa shape index (κ2) is 7.00. The zero-order valence-corrected chi connectivity index (χ0v) is 12.5. The summed E-state index contributed by atoms with van der Waals surface area (Å²) < 4.78 is 19.2. The molecule has 1 saturated heterocycles. The molecule has 1 aromatic rings. The first-order valence-corrected chi connectivity index (χ1v) is 7.29. The fraction of sp³-hybridized carbons (Fsp3) is 0.562. The van der Waals surface area contributed by atoms with Gasteiger partial charge in [-0.1, -0.05) is 25.1 Å². The highest BCUT2D eigenvalue weighted by molar-refractivity contribution is 5.77. The summed E-state index contributed by atoms with van der Waals surface area (Å²) in [6, 6.07) is 6.53. The van der Waals surface area contributed by atoms with Gasteiger partial charge in [0.05, 0.1) is 25.4 Å². The maximum Gasteiger partial charge on any atom is 0.223 e. The summed E-state index contributed by atoms with van der Waals surface area (Å²) in [5.41, 5.74) is 0.561. The van der Waals surface area contributed by atoms with E-state index in [4.69, 9.17) is 9.84 Å². The molecule has 4 nitrogen and oxygen atoms in total. The number of hydrogen-bond donors (Lipinski definition) is 1. The molecule has 0 aromatic heterocycles. The van der Waals surface area contributed by atoms with Crippen LogP contribution in [0.15, 0.2) is 24.3 Å². The second-order valence-corrected chi connectivity index (χ2v) is 5.66. The molecule has 1 heterocycles. The highest BCUT2D eigenvalue weighted by atomic mass is 19.1. The van der Waals surface area contributed by atoms with Gasteiger partial charge in [-0.3, -0.25) is 4.79 Å². The normalized spacial score (nSPS) is 23.9. The van der Waals surface area contributed by atoms with E-state index in [1.807, 2.05) is 13.8 Å². The Morgan fingerprint density at radius 1 is 1.52 bits per heavy atom. The molecule has 5 heteroatoms. The van der Waals surface area contributed by atoms with Crippen LogP contribution < -0.4 is 0 Å². The van der Waals surface area contributed by atoms with Crippen molar-refractivity contribution in [3.8, 4) is 0 Å². The Hall–Kier alpha value is -1.46. The van der Waals surface area contributed by atoms with E-state index in [9.17, 15) is 9.18 Å². The predicted molar refractivity (Wildman–Crippen MR) is 77.4 cm³/mol. The Labute approximate surface area is 124 Å². The Morgan fingerprint density at radius 2 is 2.24 bits per heavy atom. The van der Waals surface area contributed by atoms with Gasteiger partial charge >= 0.3 is 0 Å². The number of amides is 1. The van der Waals surface area contributed by atoms with Gasteiger partial charge < -0.3 is 14.7 Å². The van der Waals surface area contributed by atoms with Gasteiger partial charge in [0.2, 0.25) is 5.91 Å². The molecular weight excluding hydrogens is 273 g/mol. The van der Waals surface area contributed by atoms with Crippen molar-refractivity contribution in [3.63, 3.8) is 0 Å². The number of rotatable bonds is 4. The Bertz CT molecular complexity index is 494. The predicted octanol–water partition coefficient (Wildman–Crippen LogP) is 1.93. The first-order chi connectivity index (χ1) is 10.0. The molecule has 1 aliphatic rings. The molecule has 21 heavy (non-hydrogen) atoms. The Morgan fingerprint density at radius 3 is 2.90 bits per heavy atom. The van der Waals surface area contributed by atoms with Crippen molar-refractivity contribution < 1.29 is 19.0 Å². The van der Waals surface area contributed by atoms with Crippen molar-refractivity contribution in [2.45, 2.75) is 38.3 Å². The van der Waals surface area contributed by atoms with Crippen LogP contribution in [0.3, 0.4) is 0 Å². The highest BCUT2D eigenvalue weighted by Gasteiger charge is 2.30. The van der Waals surface area contributed by atoms with Crippen LogP contribution in [0.1, 0.15) is 31.7 Å². The molecular formula is C16H22FNO3. The molecule has 1 N–H and O–H groups in total. The quantitative estimate of drug-likeness (QED) is 0.923. The lowest BCUT2D eigenvalue weighted by Crippen LogP contribution is -2.52. The first kappa shape index (κ1) is 15.9. The molecule has 3 unspecified atom stereocenters. The maximum absolute atomic E-state index is 13.7. The molecule has 0 bridgehead atoms. The van der Waals surface area contributed by atoms with Crippen LogP contribution in [-0.4, -0.2) is 47.8 Å². The molecule has 0 saturated carbocycles. The minimum Gasteiger partial charge on any atom is -0.394 e. The summed E-state index contributed by atoms with van der Waals surface area (Å²) in [4.78, 5) is 14.2. The van der Waals surface area contributed by atoms with E-state index in [1.165, 1.54) is 6.07 Å². The lowest BCUT2D eigenvalue weighted by Gasteiger charge is -2.38. The summed E-state index contributed by atoms with van der Waals surface area (Å²) in [7, 11) is 0. The Balaban J connectivity index is 2.01. The van der Waals surface area contributed by atoms with Gasteiger partial charge in [-0.15, -0.1) is 0 Å². The molecule has 0 radical (unpaired) electrons. The van der Waals surface area contributed by atoms with Crippen molar-refractivity contribution in [2.24, 2.45) is 0 Å². The molecule has 0 spiro atoms. The highest BCUT2D eigenvalue weighted by Crippen LogP contribution is 2.24. The van der Waals surface area contributed by atoms with Crippen molar-refractivity contribution in [1.82, 2.24) is 4.90 Å². The van der Waals surface area contributed by atoms with Gasteiger partial charge in [-0.2, -0.15) is 0 Å². The van der Waals surface area contributed by atoms with E-state index in [1.54, 1.807) is 23.1 Å². The third-order valence-corrected chi connectivity index (χ3v) is 3.95. The summed E-state index contributed by atoms with van der Waals surface area (Å²) in [5.74, 6) is -0.484. The van der Waals surface area contributed by atoms with Crippen LogP contribution in [0, 0.1) is 5.82 Å². The fourth-order valence-electron chi connectivity index (χ4n) is 2.64. The summed E-state index contributed by atoms with van der Waals surface area (Å²) >= 11 is 0. The molecule has 116 valence electrons. The first-order valence-electron chi connectivity index (χ1n) is 7.29. The maximum atomic E-state index is 13.7. The molecule has 1 aliphatic heterocycles. The monoisotopic (exact) mass is 295 g/mol. The van der Waals surface area contributed by atoms with E-state index >= 15 is 0 Å². The van der Waals surface area contributed by atoms with Crippen LogP contribution in [0.25, 0.3) is 0 Å². The van der Waals surface area contributed by atoms with Crippen LogP contribution in [0.4, 0.5) is 4.39 Å². The van der Waals surface area contributed by atoms with Gasteiger partial charge in [0, 0.05) is 13.0 Å². The third kappa shape index (κ3) is 3.80. The molecule has 3 atom stereocenters. The SMILES string of the molecule is CC(CC(=O)N1CC(CO)OCC1C)c1ccccc1F. The van der Waals surface area contributed by atoms with Crippen LogP contribution in [-0.2, 0) is 9.53 Å². The minimum absolute atomic E-state index is 0.0203. The van der Waals surface area contributed by atoms with Crippen LogP contribution >= 0.6 is 0 Å². The van der Waals surface area contributed by atoms with E-state index in [-0.39, 0.29) is 42.8 Å². The van der Waals surface area contributed by atoms with Crippen molar-refractivity contribution >= 4 is 5.91 Å². The zero-order chi connectivity index (χ0) is 15.4. The molecule has 0 aliphatic carbocycles. The molecule has 1 amide bonds. The number of benzene rings is 1. The topological polar surface area (TPSA) is 49.8 Å². The Kier molecular flexibility index (Phi) is 5.31. The average Bonchev–Trinajstić information content (AvgIpc) is 2.48. The number of aliphatic hydroxyl groups excluding tert-OH is 1. The molecule has 1 fully saturated rings. The number of halogens is 1. The second-order valence-electron chi connectivity index (χ2n) is 5.66. The minimum atomic E-state index is -0.325. The number of morpholine rings is 1. The number of aliphatic hydroxyl groups is 1. The number of carbonyl (C=O) groups is 1. The van der Waals surface area contributed by atoms with Crippen molar-refractivity contribution in [2.75, 3.05) is 19.8 Å². The van der Waals surface area contributed by atoms with Gasteiger partial charge in [-0.05, 0) is 24.5 Å². The standard InChI is InChI=1S/C16H22FNO3/c1-11(14-5-3-4-6-15(14)17)7-16(20)18-8-13(9-19)21-10-12(18)2/h3-6,11-13,19H,7-10H2,1-2H3. The van der Waals surface area contributed by atoms with E-state index in [0.717, 1.165) is 0 Å². The van der Waals surface area contributed by atoms with Gasteiger partial charge in [0.1, 0.15) is 5.82 Å². The van der Waals surface area contributed by atoms with E-state index in [2.05, 4.69) is 0 Å². The smallest absolute Gasteiger partial charge is 0.223 e. The van der Waals surface area contributed by atoms with Crippen molar-refractivity contribution in [1.29, 1.82) is 0 Å². The molecule has 1 aromatic carbocycles. The van der Waals surface area contributed by atoms with E-state index in [0.29, 0.717) is 18.7 Å². The largest absolute Gasteiger partial charge is 0.394 e. The van der Waals surface area contributed by atoms with Crippen LogP contribution in [0.2, 0.25) is 0 Å².